The Morgan fingerprint density at radius 2 is 2.05 bits per heavy atom. The summed E-state index contributed by atoms with van der Waals surface area (Å²) in [5.41, 5.74) is 0.932. The van der Waals surface area contributed by atoms with Gasteiger partial charge >= 0.3 is 0 Å². The van der Waals surface area contributed by atoms with Crippen LogP contribution in [0.4, 0.5) is 0 Å². The van der Waals surface area contributed by atoms with E-state index in [0.717, 1.165) is 10.2 Å². The molecule has 0 aliphatic rings. The van der Waals surface area contributed by atoms with Crippen LogP contribution in [0.2, 0.25) is 0 Å². The first-order chi connectivity index (χ1) is 9.94. The van der Waals surface area contributed by atoms with Crippen molar-refractivity contribution >= 4 is 26.0 Å². The molecule has 0 aliphatic heterocycles. The van der Waals surface area contributed by atoms with Gasteiger partial charge in [-0.2, -0.15) is 0 Å². The van der Waals surface area contributed by atoms with Gasteiger partial charge in [0.05, 0.1) is 6.61 Å². The predicted octanol–water partition coefficient (Wildman–Crippen LogP) is 0.459. The number of benzene rings is 1. The lowest BCUT2D eigenvalue weighted by molar-refractivity contribution is 0.256. The molecule has 21 heavy (non-hydrogen) atoms. The largest absolute Gasteiger partial charge is 0.395 e. The monoisotopic (exact) mass is 374 g/mol. The van der Waals surface area contributed by atoms with Gasteiger partial charge in [0.15, 0.2) is 4.60 Å². The smallest absolute Gasteiger partial charge is 0.260 e. The molecule has 114 valence electrons. The highest BCUT2D eigenvalue weighted by molar-refractivity contribution is 9.10. The van der Waals surface area contributed by atoms with Gasteiger partial charge in [-0.05, 0) is 27.9 Å². The number of sulfonamides is 1. The molecule has 0 bridgehead atoms. The van der Waals surface area contributed by atoms with Crippen molar-refractivity contribution in [1.82, 2.24) is 19.7 Å². The van der Waals surface area contributed by atoms with Crippen molar-refractivity contribution in [3.05, 3.63) is 40.5 Å². The summed E-state index contributed by atoms with van der Waals surface area (Å²) in [5.74, 6) is 0. The summed E-state index contributed by atoms with van der Waals surface area (Å²) >= 11 is 3.06. The molecule has 0 radical (unpaired) electrons. The van der Waals surface area contributed by atoms with E-state index in [4.69, 9.17) is 0 Å². The molecule has 1 atom stereocenters. The highest BCUT2D eigenvalue weighted by atomic mass is 79.9. The Labute approximate surface area is 131 Å². The van der Waals surface area contributed by atoms with E-state index in [2.05, 4.69) is 31.0 Å². The Hall–Kier alpha value is -1.29. The number of halogens is 1. The van der Waals surface area contributed by atoms with Crippen LogP contribution in [-0.4, -0.2) is 41.2 Å². The van der Waals surface area contributed by atoms with Crippen LogP contribution in [0, 0.1) is 0 Å². The van der Waals surface area contributed by atoms with Gasteiger partial charge in [0.25, 0.3) is 10.0 Å². The lowest BCUT2D eigenvalue weighted by Crippen LogP contribution is -2.39. The van der Waals surface area contributed by atoms with Crippen LogP contribution in [0.5, 0.6) is 0 Å². The summed E-state index contributed by atoms with van der Waals surface area (Å²) in [6, 6.07) is 8.72. The van der Waals surface area contributed by atoms with E-state index in [0.29, 0.717) is 6.42 Å². The van der Waals surface area contributed by atoms with E-state index in [1.807, 2.05) is 30.3 Å². The summed E-state index contributed by atoms with van der Waals surface area (Å²) in [4.78, 5) is 0. The molecule has 7 nitrogen and oxygen atoms in total. The van der Waals surface area contributed by atoms with E-state index >= 15 is 0 Å². The Kier molecular flexibility index (Phi) is 5.09. The number of nitrogens with zero attached hydrogens (tertiary/aromatic N) is 3. The molecular weight excluding hydrogens is 360 g/mol. The number of hydrogen-bond acceptors (Lipinski definition) is 5. The molecule has 0 amide bonds. The molecule has 2 aromatic rings. The summed E-state index contributed by atoms with van der Waals surface area (Å²) in [5, 5.41) is 16.6. The third-order valence-corrected chi connectivity index (χ3v) is 5.27. The topological polar surface area (TPSA) is 97.1 Å². The van der Waals surface area contributed by atoms with E-state index in [1.165, 1.54) is 7.05 Å². The van der Waals surface area contributed by atoms with Gasteiger partial charge < -0.3 is 5.11 Å². The summed E-state index contributed by atoms with van der Waals surface area (Å²) in [6.45, 7) is -0.309. The van der Waals surface area contributed by atoms with Gasteiger partial charge in [-0.3, -0.25) is 0 Å². The van der Waals surface area contributed by atoms with Crippen molar-refractivity contribution in [2.24, 2.45) is 7.05 Å². The van der Waals surface area contributed by atoms with Gasteiger partial charge in [-0.15, -0.1) is 5.10 Å². The quantitative estimate of drug-likeness (QED) is 0.765. The normalized spacial score (nSPS) is 13.3. The highest BCUT2D eigenvalue weighted by Gasteiger charge is 2.26. The molecule has 0 aliphatic carbocycles. The van der Waals surface area contributed by atoms with Crippen molar-refractivity contribution < 1.29 is 13.5 Å². The zero-order chi connectivity index (χ0) is 15.5. The highest BCUT2D eigenvalue weighted by Crippen LogP contribution is 2.18. The first-order valence-corrected chi connectivity index (χ1v) is 8.44. The van der Waals surface area contributed by atoms with Gasteiger partial charge in [-0.25, -0.2) is 17.8 Å². The molecule has 1 unspecified atom stereocenters. The van der Waals surface area contributed by atoms with Gasteiger partial charge in [0, 0.05) is 13.1 Å². The predicted molar refractivity (Wildman–Crippen MR) is 80.0 cm³/mol. The summed E-state index contributed by atoms with van der Waals surface area (Å²) in [7, 11) is -2.35. The minimum Gasteiger partial charge on any atom is -0.395 e. The maximum Gasteiger partial charge on any atom is 0.260 e. The SMILES string of the molecule is Cn1nnc(Br)c1S(=O)(=O)NC(CO)Cc1ccccc1. The van der Waals surface area contributed by atoms with E-state index in [9.17, 15) is 13.5 Å². The minimum atomic E-state index is -3.83. The van der Waals surface area contributed by atoms with Gasteiger partial charge in [0.1, 0.15) is 0 Å². The molecule has 9 heteroatoms. The number of nitrogens with one attached hydrogen (secondary N) is 1. The van der Waals surface area contributed by atoms with Crippen LogP contribution in [0.25, 0.3) is 0 Å². The molecule has 0 saturated carbocycles. The lowest BCUT2D eigenvalue weighted by atomic mass is 10.1. The third kappa shape index (κ3) is 3.88. The van der Waals surface area contributed by atoms with Crippen molar-refractivity contribution in [2.45, 2.75) is 17.5 Å². The molecule has 1 aromatic carbocycles. The zero-order valence-electron chi connectivity index (χ0n) is 11.3. The van der Waals surface area contributed by atoms with E-state index in [-0.39, 0.29) is 16.2 Å². The molecule has 0 saturated heterocycles. The Morgan fingerprint density at radius 3 is 2.57 bits per heavy atom. The molecular formula is C12H15BrN4O3S. The van der Waals surface area contributed by atoms with Crippen molar-refractivity contribution in [2.75, 3.05) is 6.61 Å². The van der Waals surface area contributed by atoms with Gasteiger partial charge in [-0.1, -0.05) is 35.5 Å². The fraction of sp³-hybridized carbons (Fsp3) is 0.333. The molecule has 2 N–H and O–H groups in total. The first kappa shape index (κ1) is 16.1. The number of aromatic nitrogens is 3. The average Bonchev–Trinajstić information content (AvgIpc) is 2.79. The fourth-order valence-corrected chi connectivity index (χ4v) is 4.25. The Bertz CT molecular complexity index is 683. The van der Waals surface area contributed by atoms with Crippen LogP contribution < -0.4 is 4.72 Å². The second kappa shape index (κ2) is 6.65. The second-order valence-corrected chi connectivity index (χ2v) is 6.88. The van der Waals surface area contributed by atoms with Crippen LogP contribution in [0.3, 0.4) is 0 Å². The standard InChI is InChI=1S/C12H15BrN4O3S/c1-17-12(11(13)14-16-17)21(19,20)15-10(8-18)7-9-5-3-2-4-6-9/h2-6,10,15,18H,7-8H2,1H3. The Balaban J connectivity index is 2.18. The van der Waals surface area contributed by atoms with Crippen LogP contribution >= 0.6 is 15.9 Å². The molecule has 2 rings (SSSR count). The molecule has 1 heterocycles. The van der Waals surface area contributed by atoms with Crippen molar-refractivity contribution in [1.29, 1.82) is 0 Å². The first-order valence-electron chi connectivity index (χ1n) is 6.16. The average molecular weight is 375 g/mol. The van der Waals surface area contributed by atoms with E-state index in [1.54, 1.807) is 0 Å². The van der Waals surface area contributed by atoms with Gasteiger partial charge in [0.2, 0.25) is 5.03 Å². The minimum absolute atomic E-state index is 0.0750. The molecule has 1 aromatic heterocycles. The number of hydrogen-bond donors (Lipinski definition) is 2. The van der Waals surface area contributed by atoms with E-state index < -0.39 is 16.1 Å². The number of aryl methyl sites for hydroxylation is 1. The summed E-state index contributed by atoms with van der Waals surface area (Å²) in [6.07, 6.45) is 0.388. The number of aliphatic hydroxyl groups excluding tert-OH is 1. The number of aliphatic hydroxyl groups is 1. The maximum absolute atomic E-state index is 12.3. The Morgan fingerprint density at radius 1 is 1.38 bits per heavy atom. The van der Waals surface area contributed by atoms with Crippen LogP contribution in [0.1, 0.15) is 5.56 Å². The molecule has 0 fully saturated rings. The number of rotatable bonds is 6. The van der Waals surface area contributed by atoms with Crippen molar-refractivity contribution in [3.8, 4) is 0 Å². The molecule has 0 spiro atoms. The third-order valence-electron chi connectivity index (χ3n) is 2.86. The van der Waals surface area contributed by atoms with Crippen molar-refractivity contribution in [3.63, 3.8) is 0 Å². The summed E-state index contributed by atoms with van der Waals surface area (Å²) < 4.78 is 28.4. The lowest BCUT2D eigenvalue weighted by Gasteiger charge is -2.16. The second-order valence-electron chi connectivity index (χ2n) is 4.50. The zero-order valence-corrected chi connectivity index (χ0v) is 13.7. The van der Waals surface area contributed by atoms with Crippen LogP contribution in [0.15, 0.2) is 40.0 Å². The maximum atomic E-state index is 12.3. The fourth-order valence-electron chi connectivity index (χ4n) is 1.93. The van der Waals surface area contributed by atoms with Crippen LogP contribution in [-0.2, 0) is 23.5 Å².